The number of methoxy groups -OCH3 is 1. The summed E-state index contributed by atoms with van der Waals surface area (Å²) >= 11 is 3.24. The average Bonchev–Trinajstić information content (AvgIpc) is 2.41. The number of aromatic nitrogens is 1. The lowest BCUT2D eigenvalue weighted by Gasteiger charge is -2.08. The molecule has 2 aromatic rings. The van der Waals surface area contributed by atoms with Gasteiger partial charge in [0.05, 0.1) is 7.11 Å². The van der Waals surface area contributed by atoms with Crippen molar-refractivity contribution in [2.45, 2.75) is 0 Å². The fourth-order valence-corrected chi connectivity index (χ4v) is 1.92. The molecule has 4 nitrogen and oxygen atoms in total. The van der Waals surface area contributed by atoms with Crippen LogP contribution >= 0.6 is 15.9 Å². The van der Waals surface area contributed by atoms with E-state index in [-0.39, 0.29) is 17.4 Å². The van der Waals surface area contributed by atoms with Crippen molar-refractivity contribution < 1.29 is 13.9 Å². The first-order chi connectivity index (χ1) is 9.11. The number of amides is 1. The van der Waals surface area contributed by atoms with Gasteiger partial charge in [0.2, 0.25) is 0 Å². The van der Waals surface area contributed by atoms with E-state index in [1.807, 2.05) is 0 Å². The van der Waals surface area contributed by atoms with Gasteiger partial charge in [0.25, 0.3) is 5.91 Å². The number of carbonyl (C=O) groups excluding carboxylic acids is 1. The molecule has 19 heavy (non-hydrogen) atoms. The minimum Gasteiger partial charge on any atom is -0.494 e. The van der Waals surface area contributed by atoms with Gasteiger partial charge in [-0.3, -0.25) is 4.79 Å². The van der Waals surface area contributed by atoms with Gasteiger partial charge in [0.1, 0.15) is 5.69 Å². The highest BCUT2D eigenvalue weighted by Gasteiger charge is 2.12. The van der Waals surface area contributed by atoms with Crippen molar-refractivity contribution >= 4 is 27.5 Å². The summed E-state index contributed by atoms with van der Waals surface area (Å²) in [5, 5.41) is 2.62. The molecule has 0 saturated carbocycles. The quantitative estimate of drug-likeness (QED) is 0.942. The Hall–Kier alpha value is -1.95. The number of nitrogens with zero attached hydrogens (tertiary/aromatic N) is 1. The number of hydrogen-bond donors (Lipinski definition) is 1. The number of carbonyl (C=O) groups is 1. The average molecular weight is 325 g/mol. The summed E-state index contributed by atoms with van der Waals surface area (Å²) in [6.45, 7) is 0. The van der Waals surface area contributed by atoms with Crippen LogP contribution in [0.1, 0.15) is 10.5 Å². The number of hydrogen-bond acceptors (Lipinski definition) is 3. The Bertz CT molecular complexity index is 619. The molecule has 1 aromatic heterocycles. The normalized spacial score (nSPS) is 10.1. The maximum absolute atomic E-state index is 13.2. The third-order valence-electron chi connectivity index (χ3n) is 2.38. The molecule has 0 bridgehead atoms. The van der Waals surface area contributed by atoms with Crippen LogP contribution in [0.15, 0.2) is 41.0 Å². The summed E-state index contributed by atoms with van der Waals surface area (Å²) in [5.74, 6) is -0.807. The number of benzene rings is 1. The zero-order valence-corrected chi connectivity index (χ0v) is 11.6. The Balaban J connectivity index is 2.22. The maximum Gasteiger partial charge on any atom is 0.275 e. The van der Waals surface area contributed by atoms with Crippen LogP contribution in [0.25, 0.3) is 0 Å². The molecule has 1 N–H and O–H groups in total. The zero-order valence-electron chi connectivity index (χ0n) is 9.98. The molecule has 0 aliphatic carbocycles. The largest absolute Gasteiger partial charge is 0.494 e. The first kappa shape index (κ1) is 13.5. The third-order valence-corrected chi connectivity index (χ3v) is 3.02. The van der Waals surface area contributed by atoms with Gasteiger partial charge >= 0.3 is 0 Å². The minimum absolute atomic E-state index is 0.0675. The summed E-state index contributed by atoms with van der Waals surface area (Å²) in [7, 11) is 1.36. The number of ether oxygens (including phenoxy) is 1. The van der Waals surface area contributed by atoms with E-state index in [9.17, 15) is 9.18 Å². The van der Waals surface area contributed by atoms with E-state index < -0.39 is 5.82 Å². The summed E-state index contributed by atoms with van der Waals surface area (Å²) in [6, 6.07) is 7.51. The molecular weight excluding hydrogens is 315 g/mol. The van der Waals surface area contributed by atoms with Crippen molar-refractivity contribution in [3.05, 3.63) is 52.5 Å². The number of rotatable bonds is 3. The standard InChI is InChI=1S/C13H10BrFN2O2/c1-19-11-7-8(4-5-10(11)15)17-13(18)12-9(14)3-2-6-16-12/h2-7H,1H3,(H,17,18). The van der Waals surface area contributed by atoms with E-state index >= 15 is 0 Å². The second kappa shape index (κ2) is 5.79. The molecular formula is C13H10BrFN2O2. The maximum atomic E-state index is 13.2. The lowest BCUT2D eigenvalue weighted by Crippen LogP contribution is -2.14. The summed E-state index contributed by atoms with van der Waals surface area (Å²) < 4.78 is 18.7. The van der Waals surface area contributed by atoms with E-state index in [4.69, 9.17) is 4.74 Å². The molecule has 0 saturated heterocycles. The number of pyridine rings is 1. The van der Waals surface area contributed by atoms with Gasteiger partial charge in [-0.25, -0.2) is 9.37 Å². The Labute approximate surface area is 117 Å². The fraction of sp³-hybridized carbons (Fsp3) is 0.0769. The molecule has 0 radical (unpaired) electrons. The second-order valence-corrected chi connectivity index (χ2v) is 4.49. The molecule has 1 amide bonds. The SMILES string of the molecule is COc1cc(NC(=O)c2ncccc2Br)ccc1F. The van der Waals surface area contributed by atoms with Crippen LogP contribution in [0, 0.1) is 5.82 Å². The molecule has 0 unspecified atom stereocenters. The highest BCUT2D eigenvalue weighted by atomic mass is 79.9. The molecule has 6 heteroatoms. The van der Waals surface area contributed by atoms with E-state index in [0.717, 1.165) is 0 Å². The summed E-state index contributed by atoms with van der Waals surface area (Å²) in [5.41, 5.74) is 0.687. The highest BCUT2D eigenvalue weighted by Crippen LogP contribution is 2.22. The predicted octanol–water partition coefficient (Wildman–Crippen LogP) is 3.24. The zero-order chi connectivity index (χ0) is 13.8. The van der Waals surface area contributed by atoms with Crippen LogP contribution < -0.4 is 10.1 Å². The van der Waals surface area contributed by atoms with Gasteiger partial charge in [-0.15, -0.1) is 0 Å². The van der Waals surface area contributed by atoms with Crippen molar-refractivity contribution in [2.24, 2.45) is 0 Å². The molecule has 1 heterocycles. The molecule has 98 valence electrons. The summed E-state index contributed by atoms with van der Waals surface area (Å²) in [6.07, 6.45) is 1.52. The Morgan fingerprint density at radius 3 is 2.89 bits per heavy atom. The smallest absolute Gasteiger partial charge is 0.275 e. The van der Waals surface area contributed by atoms with E-state index in [1.165, 1.54) is 31.5 Å². The third kappa shape index (κ3) is 3.08. The monoisotopic (exact) mass is 324 g/mol. The molecule has 0 aliphatic rings. The van der Waals surface area contributed by atoms with E-state index in [1.54, 1.807) is 12.1 Å². The van der Waals surface area contributed by atoms with Crippen LogP contribution in [-0.2, 0) is 0 Å². The van der Waals surface area contributed by atoms with Crippen LogP contribution in [0.4, 0.5) is 10.1 Å². The van der Waals surface area contributed by atoms with Crippen molar-refractivity contribution in [2.75, 3.05) is 12.4 Å². The van der Waals surface area contributed by atoms with Crippen LogP contribution in [-0.4, -0.2) is 18.0 Å². The van der Waals surface area contributed by atoms with Gasteiger partial charge in [-0.2, -0.15) is 0 Å². The van der Waals surface area contributed by atoms with Gasteiger partial charge in [-0.05, 0) is 40.2 Å². The first-order valence-corrected chi connectivity index (χ1v) is 6.16. The number of nitrogens with one attached hydrogen (secondary N) is 1. The minimum atomic E-state index is -0.487. The van der Waals surface area contributed by atoms with Crippen LogP contribution in [0.2, 0.25) is 0 Å². The Kier molecular flexibility index (Phi) is 4.11. The molecule has 2 rings (SSSR count). The van der Waals surface area contributed by atoms with Crippen molar-refractivity contribution in [3.63, 3.8) is 0 Å². The molecule has 1 aromatic carbocycles. The van der Waals surface area contributed by atoms with Crippen LogP contribution in [0.5, 0.6) is 5.75 Å². The number of anilines is 1. The van der Waals surface area contributed by atoms with Gasteiger partial charge in [-0.1, -0.05) is 0 Å². The lowest BCUT2D eigenvalue weighted by atomic mass is 10.2. The highest BCUT2D eigenvalue weighted by molar-refractivity contribution is 9.10. The van der Waals surface area contributed by atoms with Gasteiger partial charge < -0.3 is 10.1 Å². The summed E-state index contributed by atoms with van der Waals surface area (Å²) in [4.78, 5) is 16.0. The van der Waals surface area contributed by atoms with Crippen molar-refractivity contribution in [1.29, 1.82) is 0 Å². The first-order valence-electron chi connectivity index (χ1n) is 5.37. The Morgan fingerprint density at radius 1 is 1.42 bits per heavy atom. The second-order valence-electron chi connectivity index (χ2n) is 3.64. The van der Waals surface area contributed by atoms with Crippen molar-refractivity contribution in [3.8, 4) is 5.75 Å². The lowest BCUT2D eigenvalue weighted by molar-refractivity contribution is 0.102. The van der Waals surface area contributed by atoms with E-state index in [2.05, 4.69) is 26.2 Å². The number of halogens is 2. The van der Waals surface area contributed by atoms with Gasteiger partial charge in [0.15, 0.2) is 11.6 Å². The Morgan fingerprint density at radius 2 is 2.21 bits per heavy atom. The predicted molar refractivity (Wildman–Crippen MR) is 72.8 cm³/mol. The fourth-order valence-electron chi connectivity index (χ4n) is 1.48. The molecule has 0 atom stereocenters. The van der Waals surface area contributed by atoms with Crippen LogP contribution in [0.3, 0.4) is 0 Å². The molecule has 0 aliphatic heterocycles. The molecule has 0 spiro atoms. The van der Waals surface area contributed by atoms with Gasteiger partial charge in [0, 0.05) is 22.4 Å². The van der Waals surface area contributed by atoms with E-state index in [0.29, 0.717) is 10.2 Å². The van der Waals surface area contributed by atoms with Crippen molar-refractivity contribution in [1.82, 2.24) is 4.98 Å². The molecule has 0 fully saturated rings. The topological polar surface area (TPSA) is 51.2 Å².